The van der Waals surface area contributed by atoms with Gasteiger partial charge in [0.15, 0.2) is 0 Å². The van der Waals surface area contributed by atoms with E-state index in [4.69, 9.17) is 0 Å². The van der Waals surface area contributed by atoms with E-state index in [9.17, 15) is 0 Å². The molecule has 1 aromatic heterocycles. The predicted octanol–water partition coefficient (Wildman–Crippen LogP) is 1.73. The minimum Gasteiger partial charge on any atom is -0.473 e. The van der Waals surface area contributed by atoms with Crippen molar-refractivity contribution in [2.24, 2.45) is 5.16 Å². The minimum atomic E-state index is 1.40. The first-order chi connectivity index (χ1) is 5.50. The topological polar surface area (TPSA) is 44.0 Å². The Morgan fingerprint density at radius 1 is 1.09 bits per heavy atom. The molecule has 2 rings (SSSR count). The minimum absolute atomic E-state index is 1.40. The van der Waals surface area contributed by atoms with Crippen molar-refractivity contribution < 1.29 is 14.3 Å². The quantitative estimate of drug-likeness (QED) is 0.533. The van der Waals surface area contributed by atoms with Gasteiger partial charge in [0, 0.05) is 0 Å². The van der Waals surface area contributed by atoms with Crippen molar-refractivity contribution in [3.05, 3.63) is 37.0 Å². The van der Waals surface area contributed by atoms with Crippen LogP contribution in [0.3, 0.4) is 0 Å². The van der Waals surface area contributed by atoms with Crippen LogP contribution in [0.15, 0.2) is 46.6 Å². The summed E-state index contributed by atoms with van der Waals surface area (Å²) in [5.41, 5.74) is 0. The van der Waals surface area contributed by atoms with Crippen molar-refractivity contribution >= 4 is 6.21 Å². The van der Waals surface area contributed by atoms with E-state index >= 15 is 0 Å². The smallest absolute Gasteiger partial charge is 0.147 e. The highest BCUT2D eigenvalue weighted by Gasteiger charge is 1.77. The molecule has 1 aromatic rings. The molecule has 0 amide bonds. The van der Waals surface area contributed by atoms with Crippen LogP contribution < -0.4 is 0 Å². The number of hydrogen-bond acceptors (Lipinski definition) is 4. The van der Waals surface area contributed by atoms with Crippen LogP contribution in [0.5, 0.6) is 0 Å². The molecule has 0 saturated heterocycles. The SMILES string of the molecule is C1=COON=C1.c1ccoc1. The molecule has 0 spiro atoms. The van der Waals surface area contributed by atoms with Crippen LogP contribution in [0.1, 0.15) is 0 Å². The molecule has 0 aliphatic carbocycles. The van der Waals surface area contributed by atoms with E-state index in [0.717, 1.165) is 0 Å². The van der Waals surface area contributed by atoms with E-state index in [1.54, 1.807) is 18.6 Å². The highest BCUT2D eigenvalue weighted by Crippen LogP contribution is 1.84. The van der Waals surface area contributed by atoms with Gasteiger partial charge >= 0.3 is 0 Å². The lowest BCUT2D eigenvalue weighted by molar-refractivity contribution is -0.251. The third kappa shape index (κ3) is 3.80. The van der Waals surface area contributed by atoms with Crippen LogP contribution in [0.25, 0.3) is 0 Å². The van der Waals surface area contributed by atoms with Gasteiger partial charge in [-0.25, -0.2) is 0 Å². The molecule has 1 aliphatic heterocycles. The average Bonchev–Trinajstić information content (AvgIpc) is 2.64. The molecule has 0 N–H and O–H groups in total. The zero-order valence-corrected chi connectivity index (χ0v) is 5.71. The lowest BCUT2D eigenvalue weighted by Gasteiger charge is -1.92. The summed E-state index contributed by atoms with van der Waals surface area (Å²) in [6.07, 6.45) is 7.76. The first-order valence-corrected chi connectivity index (χ1v) is 2.98. The van der Waals surface area contributed by atoms with E-state index in [2.05, 4.69) is 19.4 Å². The highest BCUT2D eigenvalue weighted by atomic mass is 17.3. The number of allylic oxidation sites excluding steroid dienone is 1. The fourth-order valence-electron chi connectivity index (χ4n) is 0.404. The largest absolute Gasteiger partial charge is 0.473 e. The fraction of sp³-hybridized carbons (Fsp3) is 0. The predicted molar refractivity (Wildman–Crippen MR) is 38.5 cm³/mol. The van der Waals surface area contributed by atoms with Crippen molar-refractivity contribution in [3.63, 3.8) is 0 Å². The third-order valence-electron chi connectivity index (χ3n) is 0.792. The Hall–Kier alpha value is -1.71. The molecule has 2 heterocycles. The zero-order valence-electron chi connectivity index (χ0n) is 5.71. The van der Waals surface area contributed by atoms with Gasteiger partial charge in [-0.05, 0) is 23.4 Å². The van der Waals surface area contributed by atoms with E-state index in [0.29, 0.717) is 0 Å². The van der Waals surface area contributed by atoms with Crippen LogP contribution in [0.4, 0.5) is 0 Å². The second-order valence-corrected chi connectivity index (χ2v) is 1.55. The normalized spacial score (nSPS) is 12.4. The van der Waals surface area contributed by atoms with Gasteiger partial charge in [0.25, 0.3) is 0 Å². The molecule has 58 valence electrons. The van der Waals surface area contributed by atoms with Crippen LogP contribution in [0.2, 0.25) is 0 Å². The number of furan rings is 1. The maximum atomic E-state index is 4.58. The van der Waals surface area contributed by atoms with Crippen molar-refractivity contribution in [1.82, 2.24) is 0 Å². The maximum absolute atomic E-state index is 4.58. The van der Waals surface area contributed by atoms with Gasteiger partial charge in [-0.3, -0.25) is 4.89 Å². The van der Waals surface area contributed by atoms with E-state index in [-0.39, 0.29) is 0 Å². The van der Waals surface area contributed by atoms with Gasteiger partial charge in [-0.15, -0.1) is 0 Å². The Labute approximate surface area is 63.6 Å². The van der Waals surface area contributed by atoms with E-state index in [1.165, 1.54) is 12.5 Å². The molecule has 0 aromatic carbocycles. The monoisotopic (exact) mass is 153 g/mol. The van der Waals surface area contributed by atoms with Crippen LogP contribution >= 0.6 is 0 Å². The number of oxime groups is 1. The van der Waals surface area contributed by atoms with Gasteiger partial charge in [-0.2, -0.15) is 4.99 Å². The highest BCUT2D eigenvalue weighted by molar-refractivity contribution is 5.70. The average molecular weight is 153 g/mol. The number of hydrogen-bond donors (Lipinski definition) is 0. The molecule has 0 saturated carbocycles. The molecule has 0 fully saturated rings. The number of nitrogens with zero attached hydrogens (tertiary/aromatic N) is 1. The second-order valence-electron chi connectivity index (χ2n) is 1.55. The van der Waals surface area contributed by atoms with Gasteiger partial charge in [0.2, 0.25) is 0 Å². The summed E-state index contributed by atoms with van der Waals surface area (Å²) in [6.45, 7) is 0. The molecule has 0 bridgehead atoms. The summed E-state index contributed by atoms with van der Waals surface area (Å²) in [5.74, 6) is 0. The molecular formula is C7H7NO3. The zero-order chi connectivity index (χ0) is 7.78. The van der Waals surface area contributed by atoms with Crippen molar-refractivity contribution in [1.29, 1.82) is 0 Å². The first kappa shape index (κ1) is 7.40. The molecule has 11 heavy (non-hydrogen) atoms. The summed E-state index contributed by atoms with van der Waals surface area (Å²) in [4.78, 5) is 8.24. The summed E-state index contributed by atoms with van der Waals surface area (Å²) in [5, 5.41) is 3.24. The molecule has 4 nitrogen and oxygen atoms in total. The second kappa shape index (κ2) is 5.10. The first-order valence-electron chi connectivity index (χ1n) is 2.98. The fourth-order valence-corrected chi connectivity index (χ4v) is 0.404. The van der Waals surface area contributed by atoms with Gasteiger partial charge in [0.05, 0.1) is 18.7 Å². The van der Waals surface area contributed by atoms with Crippen molar-refractivity contribution in [2.75, 3.05) is 0 Å². The van der Waals surface area contributed by atoms with E-state index in [1.807, 2.05) is 12.1 Å². The van der Waals surface area contributed by atoms with Gasteiger partial charge in [-0.1, -0.05) is 0 Å². The number of rotatable bonds is 0. The lowest BCUT2D eigenvalue weighted by Crippen LogP contribution is -1.82. The van der Waals surface area contributed by atoms with Crippen LogP contribution in [-0.4, -0.2) is 6.21 Å². The van der Waals surface area contributed by atoms with Gasteiger partial charge in [0.1, 0.15) is 6.26 Å². The molecule has 0 atom stereocenters. The van der Waals surface area contributed by atoms with Crippen LogP contribution in [0, 0.1) is 0 Å². The Kier molecular flexibility index (Phi) is 3.43. The van der Waals surface area contributed by atoms with Crippen molar-refractivity contribution in [3.8, 4) is 0 Å². The van der Waals surface area contributed by atoms with Gasteiger partial charge < -0.3 is 4.42 Å². The Bertz CT molecular complexity index is 186. The Morgan fingerprint density at radius 3 is 2.09 bits per heavy atom. The maximum Gasteiger partial charge on any atom is 0.147 e. The summed E-state index contributed by atoms with van der Waals surface area (Å²) < 4.78 is 4.58. The standard InChI is InChI=1S/C4H4O.C3H3NO2/c1-2-4-5-3-1;1-2-4-6-5-3-1/h1-4H;1-3H. The van der Waals surface area contributed by atoms with Crippen molar-refractivity contribution in [2.45, 2.75) is 0 Å². The molecule has 1 aliphatic rings. The summed E-state index contributed by atoms with van der Waals surface area (Å²) >= 11 is 0. The Balaban J connectivity index is 0.000000112. The molecule has 0 radical (unpaired) electrons. The van der Waals surface area contributed by atoms with E-state index < -0.39 is 0 Å². The van der Waals surface area contributed by atoms with Crippen LogP contribution in [-0.2, 0) is 9.88 Å². The molecular weight excluding hydrogens is 146 g/mol. The molecule has 0 unspecified atom stereocenters. The summed E-state index contributed by atoms with van der Waals surface area (Å²) in [7, 11) is 0. The third-order valence-corrected chi connectivity index (χ3v) is 0.792. The lowest BCUT2D eigenvalue weighted by atomic mass is 10.7. The molecule has 4 heteroatoms. The summed E-state index contributed by atoms with van der Waals surface area (Å²) in [6, 6.07) is 3.67. The Morgan fingerprint density at radius 2 is 1.91 bits per heavy atom.